The Hall–Kier alpha value is -3.64. The molecule has 0 amide bonds. The smallest absolute Gasteiger partial charge is 0.336 e. The van der Waals surface area contributed by atoms with Crippen LogP contribution in [0, 0.1) is 13.8 Å². The third kappa shape index (κ3) is 3.56. The monoisotopic (exact) mass is 459 g/mol. The maximum atomic E-state index is 11.7. The number of carboxylic acid groups (broad SMARTS) is 1. The van der Waals surface area contributed by atoms with Crippen molar-refractivity contribution in [2.45, 2.75) is 33.7 Å². The van der Waals surface area contributed by atoms with Crippen molar-refractivity contribution >= 4 is 39.7 Å². The van der Waals surface area contributed by atoms with Crippen molar-refractivity contribution in [3.8, 4) is 11.3 Å². The van der Waals surface area contributed by atoms with Crippen LogP contribution < -0.4 is 0 Å². The fourth-order valence-corrected chi connectivity index (χ4v) is 4.61. The molecule has 0 saturated carbocycles. The van der Waals surface area contributed by atoms with Crippen LogP contribution in [0.1, 0.15) is 39.9 Å². The van der Waals surface area contributed by atoms with E-state index in [9.17, 15) is 9.90 Å². The average Bonchev–Trinajstić information content (AvgIpc) is 3.31. The fourth-order valence-electron chi connectivity index (χ4n) is 4.32. The topological polar surface area (TPSA) is 81.2 Å². The van der Waals surface area contributed by atoms with E-state index in [1.165, 1.54) is 0 Å². The normalized spacial score (nSPS) is 11.5. The number of aromatic nitrogens is 3. The van der Waals surface area contributed by atoms with Crippen LogP contribution in [0.25, 0.3) is 33.5 Å². The zero-order chi connectivity index (χ0) is 23.3. The molecule has 166 valence electrons. The van der Waals surface area contributed by atoms with E-state index >= 15 is 0 Å². The molecule has 0 aliphatic heterocycles. The number of hydrogen-bond donors (Lipinski definition) is 1. The summed E-state index contributed by atoms with van der Waals surface area (Å²) in [5, 5.41) is 10.7. The van der Waals surface area contributed by atoms with Gasteiger partial charge in [-0.05, 0) is 49.2 Å². The fraction of sp³-hybridized carbons (Fsp3) is 0.192. The first-order valence-corrected chi connectivity index (χ1v) is 11.1. The van der Waals surface area contributed by atoms with Crippen molar-refractivity contribution in [3.05, 3.63) is 81.8 Å². The number of aromatic carboxylic acids is 1. The summed E-state index contributed by atoms with van der Waals surface area (Å²) in [6.45, 7) is 6.72. The molecular weight excluding hydrogens is 438 g/mol. The first kappa shape index (κ1) is 21.2. The number of carbonyl (C=O) groups is 1. The molecule has 6 nitrogen and oxygen atoms in total. The van der Waals surface area contributed by atoms with Crippen LogP contribution in [0.4, 0.5) is 0 Å². The van der Waals surface area contributed by atoms with E-state index in [1.807, 2.05) is 31.2 Å². The molecule has 0 spiro atoms. The highest BCUT2D eigenvalue weighted by molar-refractivity contribution is 6.38. The zero-order valence-electron chi connectivity index (χ0n) is 18.5. The van der Waals surface area contributed by atoms with Crippen LogP contribution in [0.3, 0.4) is 0 Å². The van der Waals surface area contributed by atoms with Crippen molar-refractivity contribution in [1.82, 2.24) is 14.5 Å². The van der Waals surface area contributed by atoms with Gasteiger partial charge in [-0.2, -0.15) is 0 Å². The molecule has 3 aromatic heterocycles. The van der Waals surface area contributed by atoms with E-state index in [0.29, 0.717) is 28.5 Å². The Labute approximate surface area is 195 Å². The summed E-state index contributed by atoms with van der Waals surface area (Å²) in [5.41, 5.74) is 6.10. The van der Waals surface area contributed by atoms with Crippen LogP contribution >= 0.6 is 11.6 Å². The number of carboxylic acids is 1. The van der Waals surface area contributed by atoms with Crippen LogP contribution in [-0.4, -0.2) is 25.6 Å². The van der Waals surface area contributed by atoms with Gasteiger partial charge < -0.3 is 14.1 Å². The van der Waals surface area contributed by atoms with Crippen LogP contribution in [0.15, 0.2) is 52.9 Å². The lowest BCUT2D eigenvalue weighted by atomic mass is 10.0. The summed E-state index contributed by atoms with van der Waals surface area (Å²) in [6, 6.07) is 14.6. The van der Waals surface area contributed by atoms with E-state index in [-0.39, 0.29) is 5.56 Å². The van der Waals surface area contributed by atoms with E-state index in [0.717, 1.165) is 45.6 Å². The minimum absolute atomic E-state index is 0.146. The molecule has 0 aliphatic carbocycles. The second-order valence-electron chi connectivity index (χ2n) is 8.15. The highest BCUT2D eigenvalue weighted by atomic mass is 35.5. The molecule has 0 saturated heterocycles. The van der Waals surface area contributed by atoms with Gasteiger partial charge in [0, 0.05) is 23.1 Å². The van der Waals surface area contributed by atoms with Gasteiger partial charge in [0.15, 0.2) is 11.4 Å². The molecule has 1 N–H and O–H groups in total. The van der Waals surface area contributed by atoms with Crippen LogP contribution in [0.5, 0.6) is 0 Å². The van der Waals surface area contributed by atoms with Crippen molar-refractivity contribution in [2.75, 3.05) is 0 Å². The molecular formula is C26H22ClN3O3. The number of furan rings is 1. The summed E-state index contributed by atoms with van der Waals surface area (Å²) in [7, 11) is 0. The first-order chi connectivity index (χ1) is 15.9. The number of hydrogen-bond acceptors (Lipinski definition) is 4. The van der Waals surface area contributed by atoms with Gasteiger partial charge in [0.2, 0.25) is 0 Å². The molecule has 5 aromatic rings. The number of pyridine rings is 1. The van der Waals surface area contributed by atoms with Gasteiger partial charge in [-0.1, -0.05) is 42.8 Å². The number of fused-ring (bicyclic) bond motifs is 2. The highest BCUT2D eigenvalue weighted by Crippen LogP contribution is 2.39. The van der Waals surface area contributed by atoms with Crippen LogP contribution in [-0.2, 0) is 13.0 Å². The third-order valence-corrected chi connectivity index (χ3v) is 6.23. The van der Waals surface area contributed by atoms with E-state index < -0.39 is 5.97 Å². The second-order valence-corrected chi connectivity index (χ2v) is 8.52. The molecule has 2 aromatic carbocycles. The first-order valence-electron chi connectivity index (χ1n) is 10.7. The second kappa shape index (κ2) is 8.05. The van der Waals surface area contributed by atoms with Crippen molar-refractivity contribution in [2.24, 2.45) is 0 Å². The number of aryl methyl sites for hydroxylation is 3. The number of rotatable bonds is 5. The van der Waals surface area contributed by atoms with Gasteiger partial charge in [0.05, 0.1) is 17.1 Å². The van der Waals surface area contributed by atoms with Gasteiger partial charge in [0.25, 0.3) is 0 Å². The molecule has 33 heavy (non-hydrogen) atoms. The van der Waals surface area contributed by atoms with Crippen molar-refractivity contribution in [1.29, 1.82) is 0 Å². The molecule has 5 rings (SSSR count). The van der Waals surface area contributed by atoms with Gasteiger partial charge in [-0.3, -0.25) is 0 Å². The molecule has 0 bridgehead atoms. The Morgan fingerprint density at radius 3 is 2.67 bits per heavy atom. The molecule has 7 heteroatoms. The number of halogens is 1. The maximum absolute atomic E-state index is 11.7. The maximum Gasteiger partial charge on any atom is 0.336 e. The Morgan fingerprint density at radius 1 is 1.12 bits per heavy atom. The molecule has 0 aliphatic rings. The summed E-state index contributed by atoms with van der Waals surface area (Å²) < 4.78 is 8.13. The SMILES string of the molecule is CCc1nc2c(C)cc(C)nc2n1Cc1ccc2oc(-c3ccccc3C(=O)O)c(Cl)c2c1. The van der Waals surface area contributed by atoms with Gasteiger partial charge in [0.1, 0.15) is 16.9 Å². The molecule has 3 heterocycles. The Morgan fingerprint density at radius 2 is 1.91 bits per heavy atom. The van der Waals surface area contributed by atoms with Gasteiger partial charge >= 0.3 is 5.97 Å². The van der Waals surface area contributed by atoms with Crippen LogP contribution in [0.2, 0.25) is 5.02 Å². The zero-order valence-corrected chi connectivity index (χ0v) is 19.3. The predicted molar refractivity (Wildman–Crippen MR) is 129 cm³/mol. The summed E-state index contributed by atoms with van der Waals surface area (Å²) in [6.07, 6.45) is 0.791. The lowest BCUT2D eigenvalue weighted by Gasteiger charge is -2.08. The van der Waals surface area contributed by atoms with Gasteiger partial charge in [-0.15, -0.1) is 0 Å². The summed E-state index contributed by atoms with van der Waals surface area (Å²) in [5.74, 6) is 0.303. The Bertz CT molecular complexity index is 1550. The molecule has 0 radical (unpaired) electrons. The number of benzene rings is 2. The molecule has 0 atom stereocenters. The summed E-state index contributed by atoms with van der Waals surface area (Å²) >= 11 is 6.70. The number of imidazole rings is 1. The Kier molecular flexibility index (Phi) is 5.17. The van der Waals surface area contributed by atoms with E-state index in [2.05, 4.69) is 18.4 Å². The van der Waals surface area contributed by atoms with E-state index in [4.69, 9.17) is 26.0 Å². The van der Waals surface area contributed by atoms with Gasteiger partial charge in [-0.25, -0.2) is 14.8 Å². The summed E-state index contributed by atoms with van der Waals surface area (Å²) in [4.78, 5) is 21.2. The van der Waals surface area contributed by atoms with Crippen molar-refractivity contribution < 1.29 is 14.3 Å². The Balaban J connectivity index is 1.61. The minimum Gasteiger partial charge on any atom is -0.478 e. The highest BCUT2D eigenvalue weighted by Gasteiger charge is 2.20. The number of nitrogens with zero attached hydrogens (tertiary/aromatic N) is 3. The minimum atomic E-state index is -1.03. The molecule has 0 unspecified atom stereocenters. The van der Waals surface area contributed by atoms with E-state index in [1.54, 1.807) is 24.3 Å². The lowest BCUT2D eigenvalue weighted by Crippen LogP contribution is -2.05. The lowest BCUT2D eigenvalue weighted by molar-refractivity contribution is 0.0697. The standard InChI is InChI=1S/C26H22ClN3O3/c1-4-21-29-23-14(2)11-15(3)28-25(23)30(21)13-16-9-10-20-19(12-16)22(27)24(33-20)17-7-5-6-8-18(17)26(31)32/h5-12H,4,13H2,1-3H3,(H,31,32). The average molecular weight is 460 g/mol. The van der Waals surface area contributed by atoms with Crippen molar-refractivity contribution in [3.63, 3.8) is 0 Å². The third-order valence-electron chi connectivity index (χ3n) is 5.85. The predicted octanol–water partition coefficient (Wildman–Crippen LogP) is 6.42. The quantitative estimate of drug-likeness (QED) is 0.328. The molecule has 0 fully saturated rings. The largest absolute Gasteiger partial charge is 0.478 e.